The molecule has 1 fully saturated rings. The van der Waals surface area contributed by atoms with Crippen molar-refractivity contribution in [3.63, 3.8) is 0 Å². The van der Waals surface area contributed by atoms with E-state index in [1.165, 1.54) is 19.3 Å². The monoisotopic (exact) mass is 263 g/mol. The molecular weight excluding hydrogens is 246 g/mol. The molecule has 0 amide bonds. The highest BCUT2D eigenvalue weighted by Crippen LogP contribution is 2.41. The number of alkyl halides is 1. The van der Waals surface area contributed by atoms with Gasteiger partial charge in [0.1, 0.15) is 11.3 Å². The number of aryl methyl sites for hydroxylation is 2. The Balaban J connectivity index is 2.23. The third kappa shape index (κ3) is 1.72. The summed E-state index contributed by atoms with van der Waals surface area (Å²) >= 11 is 5.90. The molecule has 0 unspecified atom stereocenters. The van der Waals surface area contributed by atoms with Gasteiger partial charge in [-0.3, -0.25) is 0 Å². The SMILES string of the molecule is Cc1ccc2nc(CCCl)n(C3(C)CCC3)c2n1. The van der Waals surface area contributed by atoms with Gasteiger partial charge in [-0.15, -0.1) is 11.6 Å². The first-order chi connectivity index (χ1) is 8.64. The Labute approximate surface area is 112 Å². The van der Waals surface area contributed by atoms with Crippen LogP contribution in [0.5, 0.6) is 0 Å². The van der Waals surface area contributed by atoms with E-state index in [2.05, 4.69) is 22.5 Å². The first-order valence-electron chi connectivity index (χ1n) is 6.55. The average Bonchev–Trinajstić information content (AvgIpc) is 2.64. The number of pyridine rings is 1. The van der Waals surface area contributed by atoms with E-state index in [-0.39, 0.29) is 5.54 Å². The summed E-state index contributed by atoms with van der Waals surface area (Å²) in [4.78, 5) is 9.39. The maximum Gasteiger partial charge on any atom is 0.160 e. The van der Waals surface area contributed by atoms with Crippen LogP contribution >= 0.6 is 11.6 Å². The molecule has 0 N–H and O–H groups in total. The molecule has 2 aromatic heterocycles. The summed E-state index contributed by atoms with van der Waals surface area (Å²) in [6.07, 6.45) is 4.53. The maximum atomic E-state index is 5.90. The molecule has 3 nitrogen and oxygen atoms in total. The van der Waals surface area contributed by atoms with Gasteiger partial charge in [0, 0.05) is 23.5 Å². The number of imidazole rings is 1. The fraction of sp³-hybridized carbons (Fsp3) is 0.571. The van der Waals surface area contributed by atoms with E-state index < -0.39 is 0 Å². The van der Waals surface area contributed by atoms with Crippen molar-refractivity contribution in [3.05, 3.63) is 23.7 Å². The molecule has 0 radical (unpaired) electrons. The van der Waals surface area contributed by atoms with Crippen LogP contribution in [0.4, 0.5) is 0 Å². The van der Waals surface area contributed by atoms with E-state index in [0.717, 1.165) is 29.1 Å². The van der Waals surface area contributed by atoms with Crippen LogP contribution in [0.3, 0.4) is 0 Å². The zero-order chi connectivity index (χ0) is 12.8. The van der Waals surface area contributed by atoms with E-state index >= 15 is 0 Å². The summed E-state index contributed by atoms with van der Waals surface area (Å²) < 4.78 is 2.33. The van der Waals surface area contributed by atoms with Gasteiger partial charge in [0.25, 0.3) is 0 Å². The largest absolute Gasteiger partial charge is 0.307 e. The fourth-order valence-electron chi connectivity index (χ4n) is 2.83. The molecule has 3 rings (SSSR count). The van der Waals surface area contributed by atoms with Crippen molar-refractivity contribution in [3.8, 4) is 0 Å². The van der Waals surface area contributed by atoms with Crippen molar-refractivity contribution < 1.29 is 0 Å². The van der Waals surface area contributed by atoms with E-state index in [1.807, 2.05) is 13.0 Å². The van der Waals surface area contributed by atoms with Gasteiger partial charge in [-0.25, -0.2) is 9.97 Å². The van der Waals surface area contributed by atoms with Crippen molar-refractivity contribution in [1.82, 2.24) is 14.5 Å². The fourth-order valence-corrected chi connectivity index (χ4v) is 3.00. The highest BCUT2D eigenvalue weighted by Gasteiger charge is 2.36. The van der Waals surface area contributed by atoms with Gasteiger partial charge in [0.2, 0.25) is 0 Å². The second-order valence-corrected chi connectivity index (χ2v) is 5.83. The Bertz CT molecular complexity index is 584. The van der Waals surface area contributed by atoms with Crippen LogP contribution in [0.25, 0.3) is 11.2 Å². The van der Waals surface area contributed by atoms with Gasteiger partial charge < -0.3 is 4.57 Å². The molecule has 1 aliphatic carbocycles. The first kappa shape index (κ1) is 12.0. The number of hydrogen-bond acceptors (Lipinski definition) is 2. The predicted octanol–water partition coefficient (Wildman–Crippen LogP) is 3.42. The van der Waals surface area contributed by atoms with Gasteiger partial charge in [-0.2, -0.15) is 0 Å². The lowest BCUT2D eigenvalue weighted by Gasteiger charge is -2.41. The summed E-state index contributed by atoms with van der Waals surface area (Å²) in [6.45, 7) is 4.33. The summed E-state index contributed by atoms with van der Waals surface area (Å²) in [5.74, 6) is 1.69. The Morgan fingerprint density at radius 3 is 2.72 bits per heavy atom. The molecule has 0 spiro atoms. The van der Waals surface area contributed by atoms with Gasteiger partial charge in [-0.05, 0) is 45.2 Å². The van der Waals surface area contributed by atoms with Crippen molar-refractivity contribution in [2.45, 2.75) is 45.1 Å². The van der Waals surface area contributed by atoms with Crippen LogP contribution < -0.4 is 0 Å². The average molecular weight is 264 g/mol. The van der Waals surface area contributed by atoms with Crippen LogP contribution in [0.2, 0.25) is 0 Å². The predicted molar refractivity (Wildman–Crippen MR) is 74.2 cm³/mol. The van der Waals surface area contributed by atoms with Crippen LogP contribution in [0.15, 0.2) is 12.1 Å². The minimum absolute atomic E-state index is 0.191. The number of hydrogen-bond donors (Lipinski definition) is 0. The molecule has 1 saturated carbocycles. The van der Waals surface area contributed by atoms with Crippen LogP contribution in [-0.2, 0) is 12.0 Å². The third-order valence-electron chi connectivity index (χ3n) is 4.00. The molecule has 0 saturated heterocycles. The van der Waals surface area contributed by atoms with Crippen molar-refractivity contribution >= 4 is 22.8 Å². The number of aromatic nitrogens is 3. The number of fused-ring (bicyclic) bond motifs is 1. The third-order valence-corrected chi connectivity index (χ3v) is 4.19. The topological polar surface area (TPSA) is 30.7 Å². The van der Waals surface area contributed by atoms with Crippen LogP contribution in [0, 0.1) is 6.92 Å². The first-order valence-corrected chi connectivity index (χ1v) is 7.09. The molecular formula is C14H18ClN3. The summed E-state index contributed by atoms with van der Waals surface area (Å²) in [5.41, 5.74) is 3.26. The Hall–Kier alpha value is -1.09. The van der Waals surface area contributed by atoms with Crippen LogP contribution in [0.1, 0.15) is 37.7 Å². The minimum atomic E-state index is 0.191. The van der Waals surface area contributed by atoms with Gasteiger partial charge in [0.15, 0.2) is 5.65 Å². The van der Waals surface area contributed by atoms with Gasteiger partial charge in [-0.1, -0.05) is 0 Å². The quantitative estimate of drug-likeness (QED) is 0.795. The molecule has 2 aromatic rings. The minimum Gasteiger partial charge on any atom is -0.307 e. The number of halogens is 1. The molecule has 0 bridgehead atoms. The normalized spacial score (nSPS) is 17.9. The van der Waals surface area contributed by atoms with Gasteiger partial charge in [0.05, 0.1) is 0 Å². The number of rotatable bonds is 3. The molecule has 4 heteroatoms. The summed E-state index contributed by atoms with van der Waals surface area (Å²) in [5, 5.41) is 0. The summed E-state index contributed by atoms with van der Waals surface area (Å²) in [7, 11) is 0. The zero-order valence-corrected chi connectivity index (χ0v) is 11.7. The maximum absolute atomic E-state index is 5.90. The van der Waals surface area contributed by atoms with E-state index in [1.54, 1.807) is 0 Å². The van der Waals surface area contributed by atoms with E-state index in [0.29, 0.717) is 5.88 Å². The lowest BCUT2D eigenvalue weighted by Crippen LogP contribution is -2.38. The van der Waals surface area contributed by atoms with Crippen molar-refractivity contribution in [1.29, 1.82) is 0 Å². The highest BCUT2D eigenvalue weighted by atomic mass is 35.5. The molecule has 1 aliphatic rings. The Morgan fingerprint density at radius 2 is 2.11 bits per heavy atom. The lowest BCUT2D eigenvalue weighted by atomic mass is 9.78. The smallest absolute Gasteiger partial charge is 0.160 e. The van der Waals surface area contributed by atoms with E-state index in [9.17, 15) is 0 Å². The standard InChI is InChI=1S/C14H18ClN3/c1-10-4-5-11-13(16-10)18(12(17-11)6-9-15)14(2)7-3-8-14/h4-5H,3,6-9H2,1-2H3. The van der Waals surface area contributed by atoms with Gasteiger partial charge >= 0.3 is 0 Å². The highest BCUT2D eigenvalue weighted by molar-refractivity contribution is 6.17. The second-order valence-electron chi connectivity index (χ2n) is 5.45. The summed E-state index contributed by atoms with van der Waals surface area (Å²) in [6, 6.07) is 4.08. The van der Waals surface area contributed by atoms with Crippen LogP contribution in [-0.4, -0.2) is 20.4 Å². The van der Waals surface area contributed by atoms with E-state index in [4.69, 9.17) is 16.6 Å². The molecule has 0 atom stereocenters. The molecule has 18 heavy (non-hydrogen) atoms. The Morgan fingerprint density at radius 1 is 1.33 bits per heavy atom. The molecule has 0 aromatic carbocycles. The Kier molecular flexibility index (Phi) is 2.81. The second kappa shape index (κ2) is 4.23. The van der Waals surface area contributed by atoms with Crippen molar-refractivity contribution in [2.75, 3.05) is 5.88 Å². The molecule has 0 aliphatic heterocycles. The van der Waals surface area contributed by atoms with Crippen molar-refractivity contribution in [2.24, 2.45) is 0 Å². The number of nitrogens with zero attached hydrogens (tertiary/aromatic N) is 3. The molecule has 96 valence electrons. The lowest BCUT2D eigenvalue weighted by molar-refractivity contribution is 0.169. The zero-order valence-electron chi connectivity index (χ0n) is 10.9. The molecule has 2 heterocycles.